The number of esters is 1. The van der Waals surface area contributed by atoms with E-state index in [0.29, 0.717) is 17.3 Å². The van der Waals surface area contributed by atoms with E-state index in [9.17, 15) is 9.59 Å². The van der Waals surface area contributed by atoms with Gasteiger partial charge in [-0.2, -0.15) is 0 Å². The Morgan fingerprint density at radius 1 is 1.43 bits per heavy atom. The van der Waals surface area contributed by atoms with Crippen molar-refractivity contribution in [2.45, 2.75) is 26.4 Å². The molecule has 0 aliphatic heterocycles. The molecule has 1 atom stereocenters. The fourth-order valence-corrected chi connectivity index (χ4v) is 2.91. The molecule has 1 N–H and O–H groups in total. The Morgan fingerprint density at radius 2 is 2.22 bits per heavy atom. The number of hydrogen-bond donors (Lipinski definition) is 1. The van der Waals surface area contributed by atoms with Gasteiger partial charge in [0.05, 0.1) is 12.1 Å². The molecular weight excluding hydrogens is 336 g/mol. The van der Waals surface area contributed by atoms with Crippen LogP contribution in [0.15, 0.2) is 29.6 Å². The van der Waals surface area contributed by atoms with E-state index in [1.165, 1.54) is 11.3 Å². The van der Waals surface area contributed by atoms with Crippen LogP contribution in [0.2, 0.25) is 5.02 Å². The Morgan fingerprint density at radius 3 is 2.91 bits per heavy atom. The second-order valence-corrected chi connectivity index (χ2v) is 6.15. The third-order valence-electron chi connectivity index (χ3n) is 2.98. The number of nitrogens with zero attached hydrogens (tertiary/aromatic N) is 1. The average molecular weight is 353 g/mol. The van der Waals surface area contributed by atoms with Gasteiger partial charge in [-0.05, 0) is 26.0 Å². The second kappa shape index (κ2) is 8.08. The summed E-state index contributed by atoms with van der Waals surface area (Å²) in [6.07, 6.45) is -0.783. The standard InChI is InChI=1S/C16H17ClN2O3S/c1-3-18-15(21)10(2)22-14(20)8-13-9-23-16(19-13)11-5-4-6-12(17)7-11/h4-7,9-10H,3,8H2,1-2H3,(H,18,21)/t10-/m0/s1. The molecule has 1 aromatic heterocycles. The molecule has 1 heterocycles. The topological polar surface area (TPSA) is 68.3 Å². The highest BCUT2D eigenvalue weighted by Gasteiger charge is 2.18. The maximum atomic E-state index is 11.9. The monoisotopic (exact) mass is 352 g/mol. The molecule has 0 aliphatic carbocycles. The minimum Gasteiger partial charge on any atom is -0.452 e. The highest BCUT2D eigenvalue weighted by atomic mass is 35.5. The lowest BCUT2D eigenvalue weighted by Crippen LogP contribution is -2.35. The molecule has 0 saturated heterocycles. The summed E-state index contributed by atoms with van der Waals surface area (Å²) in [5.74, 6) is -0.787. The highest BCUT2D eigenvalue weighted by molar-refractivity contribution is 7.13. The fraction of sp³-hybridized carbons (Fsp3) is 0.312. The number of likely N-dealkylation sites (N-methyl/N-ethyl adjacent to an activating group) is 1. The second-order valence-electron chi connectivity index (χ2n) is 4.86. The Labute approximate surface area is 143 Å². The van der Waals surface area contributed by atoms with Crippen molar-refractivity contribution in [1.82, 2.24) is 10.3 Å². The van der Waals surface area contributed by atoms with Gasteiger partial charge in [0.15, 0.2) is 6.10 Å². The van der Waals surface area contributed by atoms with E-state index in [-0.39, 0.29) is 12.3 Å². The summed E-state index contributed by atoms with van der Waals surface area (Å²) in [4.78, 5) is 27.8. The molecule has 1 aromatic carbocycles. The normalized spacial score (nSPS) is 11.8. The lowest BCUT2D eigenvalue weighted by Gasteiger charge is -2.11. The SMILES string of the molecule is CCNC(=O)[C@H](C)OC(=O)Cc1csc(-c2cccc(Cl)c2)n1. The van der Waals surface area contributed by atoms with Crippen molar-refractivity contribution in [2.75, 3.05) is 6.54 Å². The van der Waals surface area contributed by atoms with Gasteiger partial charge in [0.1, 0.15) is 5.01 Å². The molecule has 0 unspecified atom stereocenters. The van der Waals surface area contributed by atoms with Crippen LogP contribution in [0.1, 0.15) is 19.5 Å². The number of aromatic nitrogens is 1. The average Bonchev–Trinajstić information content (AvgIpc) is 2.95. The number of rotatable bonds is 6. The van der Waals surface area contributed by atoms with Gasteiger partial charge in [-0.15, -0.1) is 11.3 Å². The number of halogens is 1. The van der Waals surface area contributed by atoms with Crippen LogP contribution >= 0.6 is 22.9 Å². The molecule has 0 fully saturated rings. The van der Waals surface area contributed by atoms with Gasteiger partial charge in [-0.3, -0.25) is 9.59 Å². The molecule has 0 spiro atoms. The summed E-state index contributed by atoms with van der Waals surface area (Å²) in [6, 6.07) is 7.37. The molecule has 0 bridgehead atoms. The molecule has 1 amide bonds. The first-order valence-electron chi connectivity index (χ1n) is 7.17. The van der Waals surface area contributed by atoms with E-state index < -0.39 is 12.1 Å². The number of carbonyl (C=O) groups is 2. The van der Waals surface area contributed by atoms with Crippen LogP contribution in [0, 0.1) is 0 Å². The molecule has 122 valence electrons. The summed E-state index contributed by atoms with van der Waals surface area (Å²) in [6.45, 7) is 3.84. The van der Waals surface area contributed by atoms with E-state index >= 15 is 0 Å². The van der Waals surface area contributed by atoms with Gasteiger partial charge >= 0.3 is 5.97 Å². The lowest BCUT2D eigenvalue weighted by atomic mass is 10.2. The number of carbonyl (C=O) groups excluding carboxylic acids is 2. The Balaban J connectivity index is 1.96. The number of thiazole rings is 1. The third kappa shape index (κ3) is 5.04. The quantitative estimate of drug-likeness (QED) is 0.811. The molecule has 23 heavy (non-hydrogen) atoms. The van der Waals surface area contributed by atoms with Crippen LogP contribution in [0.5, 0.6) is 0 Å². The van der Waals surface area contributed by atoms with E-state index in [1.807, 2.05) is 18.2 Å². The Bertz CT molecular complexity index is 702. The van der Waals surface area contributed by atoms with Crippen molar-refractivity contribution in [2.24, 2.45) is 0 Å². The van der Waals surface area contributed by atoms with Gasteiger partial charge in [0, 0.05) is 22.5 Å². The van der Waals surface area contributed by atoms with Crippen molar-refractivity contribution in [3.63, 3.8) is 0 Å². The zero-order valence-corrected chi connectivity index (χ0v) is 14.4. The van der Waals surface area contributed by atoms with E-state index in [1.54, 1.807) is 25.3 Å². The summed E-state index contributed by atoms with van der Waals surface area (Å²) in [5.41, 5.74) is 1.51. The molecule has 0 saturated carbocycles. The number of hydrogen-bond acceptors (Lipinski definition) is 5. The first kappa shape index (κ1) is 17.4. The van der Waals surface area contributed by atoms with Crippen molar-refractivity contribution in [1.29, 1.82) is 0 Å². The highest BCUT2D eigenvalue weighted by Crippen LogP contribution is 2.26. The Hall–Kier alpha value is -1.92. The molecule has 0 radical (unpaired) electrons. The van der Waals surface area contributed by atoms with Crippen LogP contribution < -0.4 is 5.32 Å². The van der Waals surface area contributed by atoms with Crippen molar-refractivity contribution >= 4 is 34.8 Å². The van der Waals surface area contributed by atoms with Crippen molar-refractivity contribution in [3.8, 4) is 10.6 Å². The van der Waals surface area contributed by atoms with Gasteiger partial charge in [-0.25, -0.2) is 4.98 Å². The predicted molar refractivity (Wildman–Crippen MR) is 90.5 cm³/mol. The number of ether oxygens (including phenoxy) is 1. The molecular formula is C16H17ClN2O3S. The van der Waals surface area contributed by atoms with Gasteiger partial charge in [0.2, 0.25) is 0 Å². The summed E-state index contributed by atoms with van der Waals surface area (Å²) >= 11 is 7.39. The maximum Gasteiger partial charge on any atom is 0.312 e. The largest absolute Gasteiger partial charge is 0.452 e. The van der Waals surface area contributed by atoms with Crippen LogP contribution in [-0.2, 0) is 20.7 Å². The maximum absolute atomic E-state index is 11.9. The van der Waals surface area contributed by atoms with E-state index in [4.69, 9.17) is 16.3 Å². The summed E-state index contributed by atoms with van der Waals surface area (Å²) in [7, 11) is 0. The molecule has 2 aromatic rings. The summed E-state index contributed by atoms with van der Waals surface area (Å²) in [5, 5.41) is 5.82. The summed E-state index contributed by atoms with van der Waals surface area (Å²) < 4.78 is 5.10. The number of nitrogens with one attached hydrogen (secondary N) is 1. The third-order valence-corrected chi connectivity index (χ3v) is 4.15. The Kier molecular flexibility index (Phi) is 6.12. The first-order valence-corrected chi connectivity index (χ1v) is 8.43. The zero-order chi connectivity index (χ0) is 16.8. The van der Waals surface area contributed by atoms with Gasteiger partial charge in [-0.1, -0.05) is 23.7 Å². The zero-order valence-electron chi connectivity index (χ0n) is 12.8. The van der Waals surface area contributed by atoms with Crippen LogP contribution in [0.4, 0.5) is 0 Å². The predicted octanol–water partition coefficient (Wildman–Crippen LogP) is 3.07. The van der Waals surface area contributed by atoms with Crippen LogP contribution in [-0.4, -0.2) is 29.5 Å². The first-order chi connectivity index (χ1) is 11.0. The van der Waals surface area contributed by atoms with Crippen molar-refractivity contribution < 1.29 is 14.3 Å². The molecule has 5 nitrogen and oxygen atoms in total. The fourth-order valence-electron chi connectivity index (χ4n) is 1.90. The van der Waals surface area contributed by atoms with E-state index in [2.05, 4.69) is 10.3 Å². The number of amides is 1. The minimum absolute atomic E-state index is 0.0286. The lowest BCUT2D eigenvalue weighted by molar-refractivity contribution is -0.154. The van der Waals surface area contributed by atoms with Gasteiger partial charge in [0.25, 0.3) is 5.91 Å². The smallest absolute Gasteiger partial charge is 0.312 e. The molecule has 2 rings (SSSR count). The van der Waals surface area contributed by atoms with Crippen LogP contribution in [0.3, 0.4) is 0 Å². The van der Waals surface area contributed by atoms with Crippen molar-refractivity contribution in [3.05, 3.63) is 40.4 Å². The van der Waals surface area contributed by atoms with Crippen LogP contribution in [0.25, 0.3) is 10.6 Å². The number of benzene rings is 1. The minimum atomic E-state index is -0.812. The van der Waals surface area contributed by atoms with Gasteiger partial charge < -0.3 is 10.1 Å². The molecule has 7 heteroatoms. The van der Waals surface area contributed by atoms with E-state index in [0.717, 1.165) is 10.6 Å². The molecule has 0 aliphatic rings.